The highest BCUT2D eigenvalue weighted by Crippen LogP contribution is 2.15. The molecule has 0 fully saturated rings. The average Bonchev–Trinajstić information content (AvgIpc) is 3.32. The van der Waals surface area contributed by atoms with Gasteiger partial charge in [0.05, 0.1) is 11.9 Å². The van der Waals surface area contributed by atoms with E-state index in [4.69, 9.17) is 0 Å². The zero-order valence-corrected chi connectivity index (χ0v) is 14.0. The van der Waals surface area contributed by atoms with Gasteiger partial charge < -0.3 is 5.32 Å². The highest BCUT2D eigenvalue weighted by atomic mass is 15.3. The van der Waals surface area contributed by atoms with Crippen molar-refractivity contribution in [1.29, 1.82) is 0 Å². The van der Waals surface area contributed by atoms with E-state index in [9.17, 15) is 0 Å². The molecule has 0 spiro atoms. The molecule has 4 rings (SSSR count). The molecule has 0 aliphatic rings. The summed E-state index contributed by atoms with van der Waals surface area (Å²) in [6.45, 7) is 2.87. The maximum absolute atomic E-state index is 4.63. The molecule has 0 aliphatic carbocycles. The highest BCUT2D eigenvalue weighted by molar-refractivity contribution is 5.49. The van der Waals surface area contributed by atoms with E-state index in [1.165, 1.54) is 11.9 Å². The fraction of sp³-hybridized carbons (Fsp3) is 0.222. The van der Waals surface area contributed by atoms with Crippen LogP contribution >= 0.6 is 0 Å². The first kappa shape index (κ1) is 15.3. The molecule has 0 aliphatic heterocycles. The third-order valence-electron chi connectivity index (χ3n) is 4.01. The van der Waals surface area contributed by atoms with Gasteiger partial charge in [0.15, 0.2) is 5.65 Å². The van der Waals surface area contributed by atoms with Crippen LogP contribution in [-0.2, 0) is 13.0 Å². The van der Waals surface area contributed by atoms with E-state index in [0.29, 0.717) is 6.54 Å². The quantitative estimate of drug-likeness (QED) is 0.587. The minimum Gasteiger partial charge on any atom is -0.366 e. The zero-order valence-electron chi connectivity index (χ0n) is 14.0. The minimum atomic E-state index is 0.710. The molecule has 0 radical (unpaired) electrons. The predicted molar refractivity (Wildman–Crippen MR) is 95.7 cm³/mol. The van der Waals surface area contributed by atoms with Gasteiger partial charge in [0.2, 0.25) is 0 Å². The van der Waals surface area contributed by atoms with Crippen molar-refractivity contribution >= 4 is 11.5 Å². The summed E-state index contributed by atoms with van der Waals surface area (Å²) in [4.78, 5) is 8.59. The molecule has 0 amide bonds. The van der Waals surface area contributed by atoms with Gasteiger partial charge in [-0.1, -0.05) is 25.5 Å². The Morgan fingerprint density at radius 1 is 1.08 bits per heavy atom. The molecular weight excluding hydrogens is 314 g/mol. The molecule has 0 bridgehead atoms. The Morgan fingerprint density at radius 2 is 1.96 bits per heavy atom. The van der Waals surface area contributed by atoms with Crippen LogP contribution in [0.2, 0.25) is 0 Å². The lowest BCUT2D eigenvalue weighted by Gasteiger charge is -2.11. The molecule has 7 nitrogen and oxygen atoms in total. The third kappa shape index (κ3) is 3.21. The number of rotatable bonds is 6. The number of nitrogens with one attached hydrogen (secondary N) is 1. The molecule has 7 heteroatoms. The Balaban J connectivity index is 1.53. The van der Waals surface area contributed by atoms with E-state index < -0.39 is 0 Å². The van der Waals surface area contributed by atoms with E-state index in [1.807, 2.05) is 22.7 Å². The molecule has 0 atom stereocenters. The first-order chi connectivity index (χ1) is 12.3. The second kappa shape index (κ2) is 6.72. The highest BCUT2D eigenvalue weighted by Gasteiger charge is 2.06. The number of hydrogen-bond donors (Lipinski definition) is 1. The summed E-state index contributed by atoms with van der Waals surface area (Å²) in [6, 6.07) is 12.2. The number of aromatic nitrogens is 6. The summed E-state index contributed by atoms with van der Waals surface area (Å²) in [7, 11) is 0. The number of anilines is 1. The number of nitrogens with zero attached hydrogens (tertiary/aromatic N) is 6. The summed E-state index contributed by atoms with van der Waals surface area (Å²) in [5.41, 5.74) is 4.12. The van der Waals surface area contributed by atoms with Crippen LogP contribution in [0.5, 0.6) is 0 Å². The molecule has 1 aromatic carbocycles. The Kier molecular flexibility index (Phi) is 4.12. The van der Waals surface area contributed by atoms with E-state index in [0.717, 1.165) is 35.7 Å². The van der Waals surface area contributed by atoms with Crippen molar-refractivity contribution in [2.24, 2.45) is 0 Å². The standard InChI is InChI=1S/C18H19N7/c1-2-3-15-10-18(25-17(23-15)8-9-21-25)20-11-14-4-6-16(7-5-14)24-13-19-12-22-24/h4-10,12-13,20H,2-3,11H2,1H3. The smallest absolute Gasteiger partial charge is 0.157 e. The predicted octanol–water partition coefficient (Wildman–Crippen LogP) is 2.87. The van der Waals surface area contributed by atoms with Crippen molar-refractivity contribution in [2.75, 3.05) is 5.32 Å². The molecule has 0 unspecified atom stereocenters. The van der Waals surface area contributed by atoms with Crippen molar-refractivity contribution < 1.29 is 0 Å². The lowest BCUT2D eigenvalue weighted by atomic mass is 10.2. The van der Waals surface area contributed by atoms with Gasteiger partial charge in [-0.25, -0.2) is 14.6 Å². The van der Waals surface area contributed by atoms with Gasteiger partial charge in [0, 0.05) is 24.4 Å². The van der Waals surface area contributed by atoms with Crippen molar-refractivity contribution in [3.63, 3.8) is 0 Å². The Morgan fingerprint density at radius 3 is 2.72 bits per heavy atom. The summed E-state index contributed by atoms with van der Waals surface area (Å²) in [6.07, 6.45) is 7.02. The van der Waals surface area contributed by atoms with Crippen molar-refractivity contribution in [3.05, 3.63) is 66.5 Å². The topological polar surface area (TPSA) is 72.9 Å². The van der Waals surface area contributed by atoms with Crippen LogP contribution in [-0.4, -0.2) is 29.4 Å². The van der Waals surface area contributed by atoms with Crippen LogP contribution in [0.15, 0.2) is 55.2 Å². The Bertz CT molecular complexity index is 955. The molecule has 4 aromatic rings. The Labute approximate surface area is 145 Å². The summed E-state index contributed by atoms with van der Waals surface area (Å²) < 4.78 is 3.58. The first-order valence-electron chi connectivity index (χ1n) is 8.35. The van der Waals surface area contributed by atoms with Crippen LogP contribution in [0.4, 0.5) is 5.82 Å². The normalized spacial score (nSPS) is 11.1. The number of hydrogen-bond acceptors (Lipinski definition) is 5. The summed E-state index contributed by atoms with van der Waals surface area (Å²) in [5.74, 6) is 0.957. The summed E-state index contributed by atoms with van der Waals surface area (Å²) >= 11 is 0. The van der Waals surface area contributed by atoms with E-state index in [-0.39, 0.29) is 0 Å². The van der Waals surface area contributed by atoms with Crippen molar-refractivity contribution in [1.82, 2.24) is 29.4 Å². The molecule has 25 heavy (non-hydrogen) atoms. The number of benzene rings is 1. The largest absolute Gasteiger partial charge is 0.366 e. The van der Waals surface area contributed by atoms with E-state index in [2.05, 4.69) is 50.6 Å². The van der Waals surface area contributed by atoms with Gasteiger partial charge in [0.1, 0.15) is 18.5 Å². The van der Waals surface area contributed by atoms with Gasteiger partial charge >= 0.3 is 0 Å². The fourth-order valence-corrected chi connectivity index (χ4v) is 2.78. The van der Waals surface area contributed by atoms with Gasteiger partial charge in [-0.15, -0.1) is 0 Å². The summed E-state index contributed by atoms with van der Waals surface area (Å²) in [5, 5.41) is 12.0. The van der Waals surface area contributed by atoms with Gasteiger partial charge in [-0.05, 0) is 24.1 Å². The van der Waals surface area contributed by atoms with E-state index >= 15 is 0 Å². The van der Waals surface area contributed by atoms with Gasteiger partial charge in [0.25, 0.3) is 0 Å². The van der Waals surface area contributed by atoms with Crippen LogP contribution in [0.25, 0.3) is 11.3 Å². The molecule has 3 aromatic heterocycles. The van der Waals surface area contributed by atoms with Crippen molar-refractivity contribution in [2.45, 2.75) is 26.3 Å². The van der Waals surface area contributed by atoms with Crippen molar-refractivity contribution in [3.8, 4) is 5.69 Å². The molecule has 3 heterocycles. The maximum Gasteiger partial charge on any atom is 0.157 e. The zero-order chi connectivity index (χ0) is 17.1. The van der Waals surface area contributed by atoms with Gasteiger partial charge in [-0.3, -0.25) is 0 Å². The fourth-order valence-electron chi connectivity index (χ4n) is 2.78. The second-order valence-corrected chi connectivity index (χ2v) is 5.84. The van der Waals surface area contributed by atoms with Crippen LogP contribution in [0.3, 0.4) is 0 Å². The Hall–Kier alpha value is -3.22. The van der Waals surface area contributed by atoms with E-state index in [1.54, 1.807) is 17.2 Å². The lowest BCUT2D eigenvalue weighted by molar-refractivity contribution is 0.855. The lowest BCUT2D eigenvalue weighted by Crippen LogP contribution is -2.07. The third-order valence-corrected chi connectivity index (χ3v) is 4.01. The average molecular weight is 333 g/mol. The second-order valence-electron chi connectivity index (χ2n) is 5.84. The van der Waals surface area contributed by atoms with Crippen LogP contribution < -0.4 is 5.32 Å². The molecule has 0 saturated heterocycles. The number of aryl methyl sites for hydroxylation is 1. The van der Waals surface area contributed by atoms with Gasteiger partial charge in [-0.2, -0.15) is 14.7 Å². The minimum absolute atomic E-state index is 0.710. The molecular formula is C18H19N7. The molecule has 1 N–H and O–H groups in total. The molecule has 0 saturated carbocycles. The molecule has 126 valence electrons. The maximum atomic E-state index is 4.63. The SMILES string of the molecule is CCCc1cc(NCc2ccc(-n3cncn3)cc2)n2nccc2n1. The van der Waals surface area contributed by atoms with Crippen LogP contribution in [0.1, 0.15) is 24.6 Å². The first-order valence-corrected chi connectivity index (χ1v) is 8.35. The van der Waals surface area contributed by atoms with Crippen LogP contribution in [0, 0.1) is 0 Å². The monoisotopic (exact) mass is 333 g/mol. The number of fused-ring (bicyclic) bond motifs is 1.